The van der Waals surface area contributed by atoms with Gasteiger partial charge < -0.3 is 0 Å². The van der Waals surface area contributed by atoms with E-state index in [4.69, 9.17) is 0 Å². The summed E-state index contributed by atoms with van der Waals surface area (Å²) in [4.78, 5) is 12.2. The van der Waals surface area contributed by atoms with Crippen molar-refractivity contribution in [1.29, 1.82) is 0 Å². The molecule has 0 atom stereocenters. The number of hydrogen-bond donors (Lipinski definition) is 1. The van der Waals surface area contributed by atoms with Crippen LogP contribution in [-0.2, 0) is 18.4 Å². The van der Waals surface area contributed by atoms with Gasteiger partial charge in [0.25, 0.3) is 5.56 Å². The lowest BCUT2D eigenvalue weighted by atomic mass is 9.86. The molecule has 1 aromatic heterocycles. The summed E-state index contributed by atoms with van der Waals surface area (Å²) in [7, 11) is 0. The van der Waals surface area contributed by atoms with Gasteiger partial charge in [-0.05, 0) is 25.2 Å². The molecule has 0 saturated heterocycles. The molecule has 16 heavy (non-hydrogen) atoms. The molecule has 0 unspecified atom stereocenters. The molecule has 3 heteroatoms. The minimum absolute atomic E-state index is 0.0723. The normalized spacial score (nSPS) is 12.1. The zero-order valence-electron chi connectivity index (χ0n) is 11.2. The number of aryl methyl sites for hydroxylation is 2. The molecule has 0 spiro atoms. The van der Waals surface area contributed by atoms with Gasteiger partial charge in [0, 0.05) is 17.8 Å². The monoisotopic (exact) mass is 224 g/mol. The van der Waals surface area contributed by atoms with Gasteiger partial charge in [-0.1, -0.05) is 34.1 Å². The zero-order chi connectivity index (χ0) is 12.3. The van der Waals surface area contributed by atoms with Crippen molar-refractivity contribution in [3.05, 3.63) is 21.6 Å². The van der Waals surface area contributed by atoms with Gasteiger partial charge in [0.15, 0.2) is 0 Å². The van der Waals surface area contributed by atoms with Crippen LogP contribution in [0.5, 0.6) is 0 Å². The van der Waals surface area contributed by atoms with Gasteiger partial charge >= 0.3 is 0 Å². The molecule has 0 radical (unpaired) electrons. The van der Waals surface area contributed by atoms with Gasteiger partial charge in [-0.15, -0.1) is 0 Å². The first kappa shape index (κ1) is 13.1. The highest BCUT2D eigenvalue weighted by Crippen LogP contribution is 2.22. The summed E-state index contributed by atoms with van der Waals surface area (Å²) in [6.07, 6.45) is 3.26. The highest BCUT2D eigenvalue weighted by Gasteiger charge is 2.24. The molecule has 0 aliphatic rings. The van der Waals surface area contributed by atoms with Crippen molar-refractivity contribution in [3.8, 4) is 0 Å². The fourth-order valence-electron chi connectivity index (χ4n) is 2.06. The Morgan fingerprint density at radius 3 is 2.31 bits per heavy atom. The molecule has 1 N–H and O–H groups in total. The molecule has 1 aromatic rings. The zero-order valence-corrected chi connectivity index (χ0v) is 11.2. The van der Waals surface area contributed by atoms with Crippen LogP contribution in [0, 0.1) is 0 Å². The second kappa shape index (κ2) is 4.89. The topological polar surface area (TPSA) is 37.8 Å². The molecular formula is C13H24N2O. The number of aromatic nitrogens is 2. The molecule has 0 fully saturated rings. The second-order valence-electron chi connectivity index (χ2n) is 5.37. The Morgan fingerprint density at radius 2 is 1.88 bits per heavy atom. The summed E-state index contributed by atoms with van der Waals surface area (Å²) in [6, 6.07) is 0. The Kier molecular flexibility index (Phi) is 4.00. The van der Waals surface area contributed by atoms with E-state index < -0.39 is 0 Å². The third kappa shape index (κ3) is 2.57. The van der Waals surface area contributed by atoms with Gasteiger partial charge in [0.05, 0.1) is 0 Å². The van der Waals surface area contributed by atoms with Gasteiger partial charge in [0.1, 0.15) is 0 Å². The Labute approximate surface area is 97.8 Å². The summed E-state index contributed by atoms with van der Waals surface area (Å²) in [5, 5.41) is 3.25. The van der Waals surface area contributed by atoms with Gasteiger partial charge in [0.2, 0.25) is 0 Å². The third-order valence-corrected chi connectivity index (χ3v) is 2.88. The van der Waals surface area contributed by atoms with E-state index in [2.05, 4.69) is 32.8 Å². The lowest BCUT2D eigenvalue weighted by molar-refractivity contribution is 0.571. The van der Waals surface area contributed by atoms with E-state index in [-0.39, 0.29) is 11.0 Å². The molecule has 0 aliphatic carbocycles. The minimum Gasteiger partial charge on any atom is -0.299 e. The highest BCUT2D eigenvalue weighted by atomic mass is 16.1. The average Bonchev–Trinajstić information content (AvgIpc) is 2.51. The van der Waals surface area contributed by atoms with Crippen molar-refractivity contribution < 1.29 is 0 Å². The fraction of sp³-hybridized carbons (Fsp3) is 0.769. The number of unbranched alkanes of at least 4 members (excludes halogenated alkanes) is 1. The average molecular weight is 224 g/mol. The summed E-state index contributed by atoms with van der Waals surface area (Å²) in [5.74, 6) is 0. The van der Waals surface area contributed by atoms with Crippen molar-refractivity contribution in [3.63, 3.8) is 0 Å². The molecule has 0 aromatic carbocycles. The molecule has 1 rings (SSSR count). The van der Waals surface area contributed by atoms with Crippen LogP contribution in [0.4, 0.5) is 0 Å². The van der Waals surface area contributed by atoms with Crippen molar-refractivity contribution >= 4 is 0 Å². The molecule has 0 bridgehead atoms. The van der Waals surface area contributed by atoms with E-state index in [1.807, 2.05) is 6.92 Å². The molecule has 0 saturated carbocycles. The Bertz CT molecular complexity index is 393. The summed E-state index contributed by atoms with van der Waals surface area (Å²) < 4.78 is 1.71. The first-order chi connectivity index (χ1) is 7.41. The molecule has 92 valence electrons. The Morgan fingerprint density at radius 1 is 1.25 bits per heavy atom. The van der Waals surface area contributed by atoms with Crippen LogP contribution in [0.1, 0.15) is 58.7 Å². The van der Waals surface area contributed by atoms with E-state index in [0.717, 1.165) is 30.5 Å². The van der Waals surface area contributed by atoms with Crippen LogP contribution in [-0.4, -0.2) is 9.78 Å². The van der Waals surface area contributed by atoms with Crippen molar-refractivity contribution in [2.75, 3.05) is 0 Å². The summed E-state index contributed by atoms with van der Waals surface area (Å²) in [6.45, 7) is 11.2. The minimum atomic E-state index is -0.0723. The number of H-pyrrole nitrogens is 1. The SMILES string of the molecule is CCCCc1[nH]n(CC)c(=O)c1C(C)(C)C. The predicted molar refractivity (Wildman–Crippen MR) is 68.0 cm³/mol. The van der Waals surface area contributed by atoms with Crippen molar-refractivity contribution in [2.24, 2.45) is 0 Å². The third-order valence-electron chi connectivity index (χ3n) is 2.88. The Hall–Kier alpha value is -0.990. The van der Waals surface area contributed by atoms with Gasteiger partial charge in [-0.2, -0.15) is 0 Å². The number of nitrogens with one attached hydrogen (secondary N) is 1. The van der Waals surface area contributed by atoms with E-state index in [9.17, 15) is 4.79 Å². The number of hydrogen-bond acceptors (Lipinski definition) is 1. The smallest absolute Gasteiger partial charge is 0.270 e. The first-order valence-electron chi connectivity index (χ1n) is 6.24. The molecular weight excluding hydrogens is 200 g/mol. The number of aromatic amines is 1. The Balaban J connectivity index is 3.20. The lowest BCUT2D eigenvalue weighted by Gasteiger charge is -2.17. The van der Waals surface area contributed by atoms with Crippen LogP contribution >= 0.6 is 0 Å². The number of rotatable bonds is 4. The van der Waals surface area contributed by atoms with Crippen molar-refractivity contribution in [2.45, 2.75) is 65.8 Å². The van der Waals surface area contributed by atoms with Crippen LogP contribution in [0.2, 0.25) is 0 Å². The quantitative estimate of drug-likeness (QED) is 0.839. The highest BCUT2D eigenvalue weighted by molar-refractivity contribution is 5.25. The van der Waals surface area contributed by atoms with Crippen LogP contribution in [0.25, 0.3) is 0 Å². The van der Waals surface area contributed by atoms with E-state index in [1.54, 1.807) is 4.68 Å². The molecule has 1 heterocycles. The summed E-state index contributed by atoms with van der Waals surface area (Å²) >= 11 is 0. The second-order valence-corrected chi connectivity index (χ2v) is 5.37. The van der Waals surface area contributed by atoms with E-state index >= 15 is 0 Å². The van der Waals surface area contributed by atoms with Crippen LogP contribution in [0.3, 0.4) is 0 Å². The van der Waals surface area contributed by atoms with E-state index in [1.165, 1.54) is 0 Å². The predicted octanol–water partition coefficient (Wildman–Crippen LogP) is 2.84. The molecule has 0 amide bonds. The standard InChI is InChI=1S/C13H24N2O/c1-6-8-9-10-11(13(3,4)5)12(16)15(7-2)14-10/h14H,6-9H2,1-5H3. The lowest BCUT2D eigenvalue weighted by Crippen LogP contribution is -2.26. The largest absolute Gasteiger partial charge is 0.299 e. The van der Waals surface area contributed by atoms with Gasteiger partial charge in [-0.3, -0.25) is 14.6 Å². The summed E-state index contributed by atoms with van der Waals surface area (Å²) in [5.41, 5.74) is 2.17. The maximum atomic E-state index is 12.2. The fourth-order valence-corrected chi connectivity index (χ4v) is 2.06. The van der Waals surface area contributed by atoms with Gasteiger partial charge in [-0.25, -0.2) is 0 Å². The van der Waals surface area contributed by atoms with Crippen molar-refractivity contribution in [1.82, 2.24) is 9.78 Å². The molecule has 3 nitrogen and oxygen atoms in total. The number of nitrogens with zero attached hydrogens (tertiary/aromatic N) is 1. The van der Waals surface area contributed by atoms with Crippen LogP contribution < -0.4 is 5.56 Å². The first-order valence-corrected chi connectivity index (χ1v) is 6.24. The van der Waals surface area contributed by atoms with E-state index in [0.29, 0.717) is 6.54 Å². The molecule has 0 aliphatic heterocycles. The maximum Gasteiger partial charge on any atom is 0.270 e. The maximum absolute atomic E-state index is 12.2. The van der Waals surface area contributed by atoms with Crippen LogP contribution in [0.15, 0.2) is 4.79 Å².